The summed E-state index contributed by atoms with van der Waals surface area (Å²) in [5, 5.41) is 9.33. The van der Waals surface area contributed by atoms with E-state index in [1.165, 1.54) is 0 Å². The van der Waals surface area contributed by atoms with Gasteiger partial charge in [0.25, 0.3) is 0 Å². The van der Waals surface area contributed by atoms with Crippen molar-refractivity contribution in [2.45, 2.75) is 74.8 Å². The Balaban J connectivity index is 2.59. The zero-order valence-electron chi connectivity index (χ0n) is 16.4. The third-order valence-corrected chi connectivity index (χ3v) is 5.16. The molecule has 4 nitrogen and oxygen atoms in total. The number of alkyl halides is 3. The minimum atomic E-state index is -1.74. The van der Waals surface area contributed by atoms with Crippen molar-refractivity contribution in [3.05, 3.63) is 35.9 Å². The maximum atomic E-state index is 12.3. The number of halogens is 3. The maximum Gasteiger partial charge on any atom is 0.228 e. The molecule has 0 bridgehead atoms. The van der Waals surface area contributed by atoms with Crippen molar-refractivity contribution < 1.29 is 4.79 Å². The van der Waals surface area contributed by atoms with Crippen molar-refractivity contribution in [2.75, 3.05) is 0 Å². The largest absolute Gasteiger partial charge is 0.360 e. The van der Waals surface area contributed by atoms with E-state index in [1.54, 1.807) is 0 Å². The average molecular weight is 467 g/mol. The van der Waals surface area contributed by atoms with Crippen molar-refractivity contribution in [3.8, 4) is 0 Å². The predicted octanol–water partition coefficient (Wildman–Crippen LogP) is 5.25. The number of carbonyl (C=O) groups excluding carboxylic acids is 1. The molecule has 0 saturated carbocycles. The number of rotatable bonds is 11. The van der Waals surface area contributed by atoms with E-state index in [0.717, 1.165) is 37.7 Å². The van der Waals surface area contributed by atoms with Gasteiger partial charge < -0.3 is 16.0 Å². The lowest BCUT2D eigenvalue weighted by molar-refractivity contribution is -0.121. The van der Waals surface area contributed by atoms with Gasteiger partial charge in [0.05, 0.1) is 0 Å². The van der Waals surface area contributed by atoms with Crippen LogP contribution in [0.5, 0.6) is 0 Å². The van der Waals surface area contributed by atoms with Crippen molar-refractivity contribution in [1.82, 2.24) is 16.0 Å². The van der Waals surface area contributed by atoms with Gasteiger partial charge in [-0.3, -0.25) is 4.79 Å². The number of carbonyl (C=O) groups is 1. The summed E-state index contributed by atoms with van der Waals surface area (Å²) in [6.45, 7) is 4.29. The first-order valence-electron chi connectivity index (χ1n) is 9.73. The number of hydrogen-bond acceptors (Lipinski definition) is 2. The summed E-state index contributed by atoms with van der Waals surface area (Å²) in [6, 6.07) is 10.0. The minimum Gasteiger partial charge on any atom is -0.360 e. The van der Waals surface area contributed by atoms with Gasteiger partial charge in [-0.05, 0) is 37.0 Å². The Labute approximate surface area is 189 Å². The van der Waals surface area contributed by atoms with Crippen LogP contribution in [0.25, 0.3) is 0 Å². The van der Waals surface area contributed by atoms with E-state index >= 15 is 0 Å². The summed E-state index contributed by atoms with van der Waals surface area (Å²) in [7, 11) is 0. The number of nitrogens with one attached hydrogen (secondary N) is 3. The number of thiocarbonyl (C=S) groups is 1. The molecule has 158 valence electrons. The van der Waals surface area contributed by atoms with Gasteiger partial charge in [-0.2, -0.15) is 0 Å². The first-order valence-corrected chi connectivity index (χ1v) is 11.3. The van der Waals surface area contributed by atoms with Crippen LogP contribution < -0.4 is 16.0 Å². The Morgan fingerprint density at radius 2 is 1.71 bits per heavy atom. The third-order valence-electron chi connectivity index (χ3n) is 4.27. The molecular formula is C20H30Cl3N3OS. The van der Waals surface area contributed by atoms with Crippen LogP contribution in [0.4, 0.5) is 0 Å². The second-order valence-electron chi connectivity index (χ2n) is 6.77. The summed E-state index contributed by atoms with van der Waals surface area (Å²) in [5.41, 5.74) is 1.08. The molecule has 2 atom stereocenters. The lowest BCUT2D eigenvalue weighted by Gasteiger charge is -2.29. The van der Waals surface area contributed by atoms with E-state index in [9.17, 15) is 4.79 Å². The summed E-state index contributed by atoms with van der Waals surface area (Å²) in [4.78, 5) is 12.3. The highest BCUT2D eigenvalue weighted by Crippen LogP contribution is 2.29. The van der Waals surface area contributed by atoms with Crippen molar-refractivity contribution >= 4 is 58.0 Å². The minimum absolute atomic E-state index is 0.216. The Bertz CT molecular complexity index is 596. The van der Waals surface area contributed by atoms with Crippen molar-refractivity contribution in [3.63, 3.8) is 0 Å². The average Bonchev–Trinajstić information content (AvgIpc) is 2.64. The standard InChI is InChI=1S/C20H30Cl3N3OS/c1-3-5-12-16(9-4-2)24-19(28)26-18(20(21,22)23)25-17(27)14-13-15-10-7-6-8-11-15/h6-8,10-11,16,18H,3-5,9,12-14H2,1-2H3,(H,25,27)(H2,24,26,28). The van der Waals surface area contributed by atoms with Gasteiger partial charge in [0, 0.05) is 12.5 Å². The molecule has 2 unspecified atom stereocenters. The summed E-state index contributed by atoms with van der Waals surface area (Å²) in [5.74, 6) is -0.216. The molecule has 0 aromatic heterocycles. The second-order valence-corrected chi connectivity index (χ2v) is 9.55. The molecule has 3 N–H and O–H groups in total. The van der Waals surface area contributed by atoms with Crippen molar-refractivity contribution in [2.24, 2.45) is 0 Å². The molecule has 1 aromatic rings. The number of benzene rings is 1. The first kappa shape index (κ1) is 25.3. The molecule has 1 aromatic carbocycles. The summed E-state index contributed by atoms with van der Waals surface area (Å²) < 4.78 is -1.74. The zero-order chi connectivity index (χ0) is 21.0. The summed E-state index contributed by atoms with van der Waals surface area (Å²) >= 11 is 23.5. The smallest absolute Gasteiger partial charge is 0.228 e. The van der Waals surface area contributed by atoms with E-state index in [2.05, 4.69) is 29.8 Å². The molecule has 1 rings (SSSR count). The zero-order valence-corrected chi connectivity index (χ0v) is 19.5. The van der Waals surface area contributed by atoms with Crippen LogP contribution in [-0.2, 0) is 11.2 Å². The number of unbranched alkanes of at least 4 members (excludes halogenated alkanes) is 1. The van der Waals surface area contributed by atoms with Crippen LogP contribution >= 0.6 is 47.0 Å². The first-order chi connectivity index (χ1) is 13.3. The monoisotopic (exact) mass is 465 g/mol. The maximum absolute atomic E-state index is 12.3. The van der Waals surface area contributed by atoms with Crippen LogP contribution in [0.2, 0.25) is 0 Å². The number of hydrogen-bond donors (Lipinski definition) is 3. The Morgan fingerprint density at radius 3 is 2.29 bits per heavy atom. The van der Waals surface area contributed by atoms with Gasteiger partial charge in [-0.25, -0.2) is 0 Å². The Kier molecular flexibility index (Phi) is 12.2. The van der Waals surface area contributed by atoms with Gasteiger partial charge in [0.1, 0.15) is 6.17 Å². The van der Waals surface area contributed by atoms with E-state index in [1.807, 2.05) is 30.3 Å². The fourth-order valence-corrected chi connectivity index (χ4v) is 3.39. The highest BCUT2D eigenvalue weighted by Gasteiger charge is 2.34. The third kappa shape index (κ3) is 10.7. The molecule has 0 saturated heterocycles. The molecule has 0 aliphatic carbocycles. The number of amides is 1. The molecule has 8 heteroatoms. The van der Waals surface area contributed by atoms with Crippen LogP contribution in [0, 0.1) is 0 Å². The van der Waals surface area contributed by atoms with Gasteiger partial charge in [0.15, 0.2) is 5.11 Å². The Morgan fingerprint density at radius 1 is 1.04 bits per heavy atom. The van der Waals surface area contributed by atoms with Crippen LogP contribution in [0.15, 0.2) is 30.3 Å². The van der Waals surface area contributed by atoms with Gasteiger partial charge >= 0.3 is 0 Å². The fourth-order valence-electron chi connectivity index (χ4n) is 2.78. The highest BCUT2D eigenvalue weighted by atomic mass is 35.6. The van der Waals surface area contributed by atoms with E-state index < -0.39 is 9.96 Å². The normalized spacial score (nSPS) is 13.5. The molecule has 0 aliphatic rings. The fraction of sp³-hybridized carbons (Fsp3) is 0.600. The molecule has 0 aliphatic heterocycles. The lowest BCUT2D eigenvalue weighted by Crippen LogP contribution is -2.58. The molecule has 28 heavy (non-hydrogen) atoms. The molecule has 0 spiro atoms. The van der Waals surface area contributed by atoms with Gasteiger partial charge in [-0.1, -0.05) is 98.2 Å². The molecular weight excluding hydrogens is 437 g/mol. The quantitative estimate of drug-likeness (QED) is 0.237. The predicted molar refractivity (Wildman–Crippen MR) is 124 cm³/mol. The topological polar surface area (TPSA) is 53.2 Å². The molecule has 0 fully saturated rings. The van der Waals surface area contributed by atoms with E-state index in [-0.39, 0.29) is 18.4 Å². The van der Waals surface area contributed by atoms with Gasteiger partial charge in [-0.15, -0.1) is 0 Å². The summed E-state index contributed by atoms with van der Waals surface area (Å²) in [6.07, 6.45) is 5.29. The lowest BCUT2D eigenvalue weighted by atomic mass is 10.1. The SMILES string of the molecule is CCCCC(CCC)NC(=S)NC(NC(=O)CCc1ccccc1)C(Cl)(Cl)Cl. The molecule has 0 heterocycles. The van der Waals surface area contributed by atoms with Crippen LogP contribution in [0.3, 0.4) is 0 Å². The van der Waals surface area contributed by atoms with Crippen LogP contribution in [0.1, 0.15) is 57.9 Å². The molecule has 1 amide bonds. The number of aryl methyl sites for hydroxylation is 1. The second kappa shape index (κ2) is 13.5. The van der Waals surface area contributed by atoms with E-state index in [0.29, 0.717) is 11.5 Å². The van der Waals surface area contributed by atoms with E-state index in [4.69, 9.17) is 47.0 Å². The van der Waals surface area contributed by atoms with Crippen molar-refractivity contribution in [1.29, 1.82) is 0 Å². The van der Waals surface area contributed by atoms with Gasteiger partial charge in [0.2, 0.25) is 9.70 Å². The van der Waals surface area contributed by atoms with Crippen LogP contribution in [-0.4, -0.2) is 27.0 Å². The molecule has 0 radical (unpaired) electrons. The Hall–Kier alpha value is -0.750. The highest BCUT2D eigenvalue weighted by molar-refractivity contribution is 7.80.